The first-order valence-electron chi connectivity index (χ1n) is 5.03. The zero-order chi connectivity index (χ0) is 11.4. The molecule has 0 aliphatic carbocycles. The molecule has 0 unspecified atom stereocenters. The monoisotopic (exact) mass is 219 g/mol. The average molecular weight is 219 g/mol. The van der Waals surface area contributed by atoms with Crippen LogP contribution in [-0.4, -0.2) is 32.3 Å². The summed E-state index contributed by atoms with van der Waals surface area (Å²) in [6, 6.07) is 7.40. The molecule has 2 aromatic rings. The van der Waals surface area contributed by atoms with Crippen LogP contribution in [-0.2, 0) is 0 Å². The fraction of sp³-hybridized carbons (Fsp3) is 0.300. The molecule has 0 fully saturated rings. The van der Waals surface area contributed by atoms with Gasteiger partial charge in [-0.3, -0.25) is 0 Å². The number of benzene rings is 1. The van der Waals surface area contributed by atoms with Crippen LogP contribution in [0.5, 0.6) is 0 Å². The van der Waals surface area contributed by atoms with Crippen molar-refractivity contribution in [3.63, 3.8) is 0 Å². The van der Waals surface area contributed by atoms with Crippen molar-refractivity contribution in [3.05, 3.63) is 29.8 Å². The van der Waals surface area contributed by atoms with Gasteiger partial charge in [-0.05, 0) is 29.8 Å². The molecule has 4 N–H and O–H groups in total. The van der Waals surface area contributed by atoms with Crippen molar-refractivity contribution >= 4 is 0 Å². The van der Waals surface area contributed by atoms with Gasteiger partial charge in [0.1, 0.15) is 0 Å². The van der Waals surface area contributed by atoms with Crippen molar-refractivity contribution in [2.45, 2.75) is 12.5 Å². The molecule has 1 atom stereocenters. The molecule has 1 aromatic heterocycles. The Morgan fingerprint density at radius 1 is 1.44 bits per heavy atom. The summed E-state index contributed by atoms with van der Waals surface area (Å²) in [5.41, 5.74) is 7.03. The maximum Gasteiger partial charge on any atom is 0.204 e. The molecule has 16 heavy (non-hydrogen) atoms. The standard InChI is InChI=1S/C10H13N5O/c11-5-4-9(16)7-2-1-3-8(6-7)10-12-14-15-13-10/h1-3,6,9,16H,4-5,11H2,(H,12,13,14,15)/t9-/m0/s1. The topological polar surface area (TPSA) is 101 Å². The first-order chi connectivity index (χ1) is 7.81. The predicted molar refractivity (Wildman–Crippen MR) is 58.2 cm³/mol. The molecule has 1 aromatic carbocycles. The lowest BCUT2D eigenvalue weighted by atomic mass is 10.0. The molecule has 6 nitrogen and oxygen atoms in total. The molecule has 2 rings (SSSR count). The van der Waals surface area contributed by atoms with Crippen molar-refractivity contribution in [1.29, 1.82) is 0 Å². The molecular weight excluding hydrogens is 206 g/mol. The first-order valence-corrected chi connectivity index (χ1v) is 5.03. The van der Waals surface area contributed by atoms with Crippen LogP contribution < -0.4 is 5.73 Å². The number of aromatic amines is 1. The Morgan fingerprint density at radius 2 is 2.31 bits per heavy atom. The summed E-state index contributed by atoms with van der Waals surface area (Å²) in [5, 5.41) is 23.4. The minimum absolute atomic E-state index is 0.452. The minimum atomic E-state index is -0.545. The Labute approximate surface area is 92.5 Å². The van der Waals surface area contributed by atoms with E-state index in [1.165, 1.54) is 0 Å². The van der Waals surface area contributed by atoms with Crippen molar-refractivity contribution in [2.24, 2.45) is 5.73 Å². The van der Waals surface area contributed by atoms with E-state index in [-0.39, 0.29) is 0 Å². The van der Waals surface area contributed by atoms with E-state index in [4.69, 9.17) is 5.73 Å². The Morgan fingerprint density at radius 3 is 3.00 bits per heavy atom. The van der Waals surface area contributed by atoms with Crippen LogP contribution in [0, 0.1) is 0 Å². The van der Waals surface area contributed by atoms with Crippen molar-refractivity contribution < 1.29 is 5.11 Å². The number of hydrogen-bond donors (Lipinski definition) is 3. The highest BCUT2D eigenvalue weighted by atomic mass is 16.3. The molecule has 0 aliphatic rings. The molecular formula is C10H13N5O. The second-order valence-electron chi connectivity index (χ2n) is 3.45. The molecule has 0 saturated carbocycles. The van der Waals surface area contributed by atoms with Crippen LogP contribution >= 0.6 is 0 Å². The van der Waals surface area contributed by atoms with Crippen molar-refractivity contribution in [2.75, 3.05) is 6.54 Å². The highest BCUT2D eigenvalue weighted by Gasteiger charge is 2.09. The molecule has 0 aliphatic heterocycles. The Kier molecular flexibility index (Phi) is 3.23. The molecule has 0 spiro atoms. The van der Waals surface area contributed by atoms with Gasteiger partial charge in [0.05, 0.1) is 6.10 Å². The van der Waals surface area contributed by atoms with Crippen molar-refractivity contribution in [1.82, 2.24) is 20.6 Å². The SMILES string of the molecule is NCC[C@H](O)c1cccc(-c2nn[nH]n2)c1. The van der Waals surface area contributed by atoms with Gasteiger partial charge in [0.2, 0.25) is 5.82 Å². The number of nitrogens with one attached hydrogen (secondary N) is 1. The third-order valence-corrected chi connectivity index (χ3v) is 2.32. The van der Waals surface area contributed by atoms with E-state index in [1.54, 1.807) is 0 Å². The van der Waals surface area contributed by atoms with E-state index in [2.05, 4.69) is 20.6 Å². The Balaban J connectivity index is 2.26. The fourth-order valence-electron chi connectivity index (χ4n) is 1.49. The number of rotatable bonds is 4. The van der Waals surface area contributed by atoms with Crippen LogP contribution in [0.4, 0.5) is 0 Å². The van der Waals surface area contributed by atoms with Gasteiger partial charge in [-0.15, -0.1) is 10.2 Å². The van der Waals surface area contributed by atoms with Crippen LogP contribution in [0.3, 0.4) is 0 Å². The normalized spacial score (nSPS) is 12.6. The number of H-pyrrole nitrogens is 1. The van der Waals surface area contributed by atoms with Crippen LogP contribution in [0.1, 0.15) is 18.1 Å². The van der Waals surface area contributed by atoms with E-state index in [1.807, 2.05) is 24.3 Å². The van der Waals surface area contributed by atoms with Gasteiger partial charge in [0, 0.05) is 5.56 Å². The van der Waals surface area contributed by atoms with Gasteiger partial charge in [0.15, 0.2) is 0 Å². The number of nitrogens with two attached hydrogens (primary N) is 1. The summed E-state index contributed by atoms with van der Waals surface area (Å²) in [6.45, 7) is 0.452. The number of aliphatic hydroxyl groups excluding tert-OH is 1. The van der Waals surface area contributed by atoms with E-state index < -0.39 is 6.10 Å². The summed E-state index contributed by atoms with van der Waals surface area (Å²) in [7, 11) is 0. The summed E-state index contributed by atoms with van der Waals surface area (Å²) in [5.74, 6) is 0.516. The maximum absolute atomic E-state index is 9.80. The molecule has 0 radical (unpaired) electrons. The lowest BCUT2D eigenvalue weighted by molar-refractivity contribution is 0.170. The first kappa shape index (κ1) is 10.7. The number of aliphatic hydroxyl groups is 1. The predicted octanol–water partition coefficient (Wildman–Crippen LogP) is 0.249. The van der Waals surface area contributed by atoms with Crippen molar-refractivity contribution in [3.8, 4) is 11.4 Å². The number of hydrogen-bond acceptors (Lipinski definition) is 5. The molecule has 0 saturated heterocycles. The van der Waals surface area contributed by atoms with E-state index in [9.17, 15) is 5.11 Å². The fourth-order valence-corrected chi connectivity index (χ4v) is 1.49. The summed E-state index contributed by atoms with van der Waals surface area (Å²) < 4.78 is 0. The van der Waals surface area contributed by atoms with Gasteiger partial charge < -0.3 is 10.8 Å². The van der Waals surface area contributed by atoms with E-state index in [0.29, 0.717) is 18.8 Å². The van der Waals surface area contributed by atoms with Gasteiger partial charge in [-0.1, -0.05) is 18.2 Å². The third kappa shape index (κ3) is 2.23. The molecule has 0 amide bonds. The second kappa shape index (κ2) is 4.82. The highest BCUT2D eigenvalue weighted by Crippen LogP contribution is 2.21. The van der Waals surface area contributed by atoms with Crippen LogP contribution in [0.15, 0.2) is 24.3 Å². The third-order valence-electron chi connectivity index (χ3n) is 2.32. The molecule has 6 heteroatoms. The number of aromatic nitrogens is 4. The Hall–Kier alpha value is -1.79. The molecule has 1 heterocycles. The van der Waals surface area contributed by atoms with Gasteiger partial charge >= 0.3 is 0 Å². The van der Waals surface area contributed by atoms with Gasteiger partial charge in [0.25, 0.3) is 0 Å². The van der Waals surface area contributed by atoms with Gasteiger partial charge in [-0.2, -0.15) is 5.21 Å². The average Bonchev–Trinajstić information content (AvgIpc) is 2.83. The summed E-state index contributed by atoms with van der Waals surface area (Å²) >= 11 is 0. The molecule has 84 valence electrons. The Bertz CT molecular complexity index is 442. The van der Waals surface area contributed by atoms with E-state index >= 15 is 0 Å². The molecule has 0 bridgehead atoms. The number of tetrazole rings is 1. The summed E-state index contributed by atoms with van der Waals surface area (Å²) in [6.07, 6.45) is -0.00718. The zero-order valence-electron chi connectivity index (χ0n) is 8.67. The maximum atomic E-state index is 9.80. The van der Waals surface area contributed by atoms with E-state index in [0.717, 1.165) is 11.1 Å². The highest BCUT2D eigenvalue weighted by molar-refractivity contribution is 5.55. The van der Waals surface area contributed by atoms with Crippen LogP contribution in [0.2, 0.25) is 0 Å². The number of nitrogens with zero attached hydrogens (tertiary/aromatic N) is 3. The van der Waals surface area contributed by atoms with Gasteiger partial charge in [-0.25, -0.2) is 0 Å². The largest absolute Gasteiger partial charge is 0.388 e. The zero-order valence-corrected chi connectivity index (χ0v) is 8.67. The van der Waals surface area contributed by atoms with Crippen LogP contribution in [0.25, 0.3) is 11.4 Å². The minimum Gasteiger partial charge on any atom is -0.388 e. The lowest BCUT2D eigenvalue weighted by Crippen LogP contribution is -2.06. The second-order valence-corrected chi connectivity index (χ2v) is 3.45. The smallest absolute Gasteiger partial charge is 0.204 e. The quantitative estimate of drug-likeness (QED) is 0.684. The lowest BCUT2D eigenvalue weighted by Gasteiger charge is -2.09. The summed E-state index contributed by atoms with van der Waals surface area (Å²) in [4.78, 5) is 0.